The molecule has 0 aromatic heterocycles. The Labute approximate surface area is 136 Å². The molecule has 2 unspecified atom stereocenters. The van der Waals surface area contributed by atoms with E-state index in [9.17, 15) is 9.59 Å². The molecule has 0 spiro atoms. The van der Waals surface area contributed by atoms with Gasteiger partial charge in [-0.15, -0.1) is 0 Å². The number of hydrogen-bond acceptors (Lipinski definition) is 5. The van der Waals surface area contributed by atoms with Gasteiger partial charge in [0.1, 0.15) is 6.10 Å². The van der Waals surface area contributed by atoms with Gasteiger partial charge in [0.25, 0.3) is 0 Å². The Morgan fingerprint density at radius 2 is 1.86 bits per heavy atom. The topological polar surface area (TPSA) is 52.6 Å². The molecule has 1 aromatic carbocycles. The minimum Gasteiger partial charge on any atom is -0.469 e. The third-order valence-corrected chi connectivity index (χ3v) is 4.24. The molecule has 0 amide bonds. The zero-order valence-electron chi connectivity index (χ0n) is 13.4. The summed E-state index contributed by atoms with van der Waals surface area (Å²) in [4.78, 5) is 24.4. The van der Waals surface area contributed by atoms with Crippen molar-refractivity contribution < 1.29 is 19.1 Å². The summed E-state index contributed by atoms with van der Waals surface area (Å²) in [7, 11) is 1.38. The van der Waals surface area contributed by atoms with E-state index in [1.54, 1.807) is 0 Å². The molecular formula is C17H24O4S. The fourth-order valence-corrected chi connectivity index (χ4v) is 2.90. The fraction of sp³-hybridized carbons (Fsp3) is 0.529. The third kappa shape index (κ3) is 6.52. The highest BCUT2D eigenvalue weighted by atomic mass is 32.2. The molecule has 4 nitrogen and oxygen atoms in total. The SMILES string of the molecule is CCCC(OC(=O)Sc1ccccc1)C(CC)CC(=O)OC. The minimum absolute atomic E-state index is 0.00674. The van der Waals surface area contributed by atoms with Gasteiger partial charge in [-0.2, -0.15) is 0 Å². The fourth-order valence-electron chi connectivity index (χ4n) is 2.24. The van der Waals surface area contributed by atoms with Gasteiger partial charge in [-0.3, -0.25) is 4.79 Å². The summed E-state index contributed by atoms with van der Waals surface area (Å²) in [5.41, 5.74) is 0. The van der Waals surface area contributed by atoms with Crippen molar-refractivity contribution in [2.24, 2.45) is 5.92 Å². The first-order valence-electron chi connectivity index (χ1n) is 7.61. The number of rotatable bonds is 8. The van der Waals surface area contributed by atoms with Crippen molar-refractivity contribution in [1.82, 2.24) is 0 Å². The van der Waals surface area contributed by atoms with Crippen LogP contribution in [0.3, 0.4) is 0 Å². The zero-order chi connectivity index (χ0) is 16.4. The lowest BCUT2D eigenvalue weighted by Gasteiger charge is -2.25. The summed E-state index contributed by atoms with van der Waals surface area (Å²) >= 11 is 1.07. The predicted molar refractivity (Wildman–Crippen MR) is 87.9 cm³/mol. The summed E-state index contributed by atoms with van der Waals surface area (Å²) in [5.74, 6) is -0.271. The lowest BCUT2D eigenvalue weighted by atomic mass is 9.92. The summed E-state index contributed by atoms with van der Waals surface area (Å²) in [5, 5.41) is -0.326. The Morgan fingerprint density at radius 1 is 1.18 bits per heavy atom. The van der Waals surface area contributed by atoms with E-state index in [2.05, 4.69) is 0 Å². The first kappa shape index (κ1) is 18.6. The molecular weight excluding hydrogens is 300 g/mol. The van der Waals surface area contributed by atoms with Crippen LogP contribution in [0.25, 0.3) is 0 Å². The van der Waals surface area contributed by atoms with Crippen LogP contribution in [0.1, 0.15) is 39.5 Å². The lowest BCUT2D eigenvalue weighted by Crippen LogP contribution is -2.27. The summed E-state index contributed by atoms with van der Waals surface area (Å²) in [6.07, 6.45) is 2.43. The zero-order valence-corrected chi connectivity index (χ0v) is 14.2. The molecule has 0 radical (unpaired) electrons. The number of thioether (sulfide) groups is 1. The summed E-state index contributed by atoms with van der Waals surface area (Å²) in [6.45, 7) is 4.03. The molecule has 0 saturated carbocycles. The molecule has 0 aliphatic carbocycles. The van der Waals surface area contributed by atoms with E-state index < -0.39 is 0 Å². The van der Waals surface area contributed by atoms with Crippen LogP contribution in [0, 0.1) is 5.92 Å². The van der Waals surface area contributed by atoms with Gasteiger partial charge < -0.3 is 9.47 Å². The van der Waals surface area contributed by atoms with Crippen molar-refractivity contribution in [2.75, 3.05) is 7.11 Å². The van der Waals surface area contributed by atoms with Crippen LogP contribution in [0.4, 0.5) is 4.79 Å². The highest BCUT2D eigenvalue weighted by molar-refractivity contribution is 8.13. The van der Waals surface area contributed by atoms with E-state index in [0.29, 0.717) is 0 Å². The number of hydrogen-bond donors (Lipinski definition) is 0. The maximum absolute atomic E-state index is 12.1. The molecule has 0 saturated heterocycles. The van der Waals surface area contributed by atoms with Crippen molar-refractivity contribution >= 4 is 23.0 Å². The smallest absolute Gasteiger partial charge is 0.372 e. The van der Waals surface area contributed by atoms with Crippen molar-refractivity contribution in [3.05, 3.63) is 30.3 Å². The molecule has 122 valence electrons. The number of esters is 1. The van der Waals surface area contributed by atoms with Crippen LogP contribution < -0.4 is 0 Å². The second kappa shape index (κ2) is 10.3. The third-order valence-electron chi connectivity index (χ3n) is 3.47. The molecule has 22 heavy (non-hydrogen) atoms. The number of ether oxygens (including phenoxy) is 2. The monoisotopic (exact) mass is 324 g/mol. The Hall–Kier alpha value is -1.49. The normalized spacial score (nSPS) is 13.2. The van der Waals surface area contributed by atoms with Gasteiger partial charge in [0.05, 0.1) is 13.5 Å². The first-order chi connectivity index (χ1) is 10.6. The van der Waals surface area contributed by atoms with Gasteiger partial charge in [-0.25, -0.2) is 4.79 Å². The van der Waals surface area contributed by atoms with E-state index in [1.807, 2.05) is 44.2 Å². The lowest BCUT2D eigenvalue weighted by molar-refractivity contribution is -0.142. The van der Waals surface area contributed by atoms with E-state index >= 15 is 0 Å². The standard InChI is InChI=1S/C17H24O4S/c1-4-9-15(13(5-2)12-16(18)20-3)21-17(19)22-14-10-7-6-8-11-14/h6-8,10-11,13,15H,4-5,9,12H2,1-3H3. The number of benzene rings is 1. The molecule has 0 aliphatic rings. The van der Waals surface area contributed by atoms with Gasteiger partial charge in [0, 0.05) is 10.8 Å². The Balaban J connectivity index is 2.64. The second-order valence-electron chi connectivity index (χ2n) is 5.06. The molecule has 1 aromatic rings. The number of carbonyl (C=O) groups excluding carboxylic acids is 2. The van der Waals surface area contributed by atoms with E-state index in [1.165, 1.54) is 7.11 Å². The van der Waals surface area contributed by atoms with Crippen molar-refractivity contribution in [3.63, 3.8) is 0 Å². The average Bonchev–Trinajstić information content (AvgIpc) is 2.52. The number of carbonyl (C=O) groups is 2. The molecule has 5 heteroatoms. The Kier molecular flexibility index (Phi) is 8.67. The maximum atomic E-state index is 12.1. The second-order valence-corrected chi connectivity index (χ2v) is 6.07. The van der Waals surface area contributed by atoms with Gasteiger partial charge >= 0.3 is 11.3 Å². The van der Waals surface area contributed by atoms with Crippen molar-refractivity contribution in [3.8, 4) is 0 Å². The molecule has 0 fully saturated rings. The van der Waals surface area contributed by atoms with Crippen LogP contribution in [0.15, 0.2) is 35.2 Å². The molecule has 0 N–H and O–H groups in total. The molecule has 2 atom stereocenters. The highest BCUT2D eigenvalue weighted by Crippen LogP contribution is 2.26. The van der Waals surface area contributed by atoms with Gasteiger partial charge in [-0.05, 0) is 36.7 Å². The van der Waals surface area contributed by atoms with Gasteiger partial charge in [-0.1, -0.05) is 38.5 Å². The van der Waals surface area contributed by atoms with E-state index in [0.717, 1.165) is 35.9 Å². The Morgan fingerprint density at radius 3 is 2.41 bits per heavy atom. The maximum Gasteiger partial charge on any atom is 0.372 e. The molecule has 0 aliphatic heterocycles. The van der Waals surface area contributed by atoms with Crippen molar-refractivity contribution in [1.29, 1.82) is 0 Å². The van der Waals surface area contributed by atoms with Crippen LogP contribution in [-0.4, -0.2) is 24.5 Å². The van der Waals surface area contributed by atoms with Crippen LogP contribution >= 0.6 is 11.8 Å². The number of methoxy groups -OCH3 is 1. The Bertz CT molecular complexity index is 461. The summed E-state index contributed by atoms with van der Waals surface area (Å²) in [6, 6.07) is 9.40. The molecule has 1 rings (SSSR count). The molecule has 0 heterocycles. The van der Waals surface area contributed by atoms with E-state index in [-0.39, 0.29) is 29.7 Å². The van der Waals surface area contributed by atoms with Crippen LogP contribution in [0.2, 0.25) is 0 Å². The minimum atomic E-state index is -0.326. The van der Waals surface area contributed by atoms with Gasteiger partial charge in [0.2, 0.25) is 0 Å². The van der Waals surface area contributed by atoms with Crippen molar-refractivity contribution in [2.45, 2.75) is 50.5 Å². The van der Waals surface area contributed by atoms with Crippen LogP contribution in [0.5, 0.6) is 0 Å². The highest BCUT2D eigenvalue weighted by Gasteiger charge is 2.26. The van der Waals surface area contributed by atoms with E-state index in [4.69, 9.17) is 9.47 Å². The molecule has 0 bridgehead atoms. The van der Waals surface area contributed by atoms with Gasteiger partial charge in [0.15, 0.2) is 0 Å². The first-order valence-corrected chi connectivity index (χ1v) is 8.42. The largest absolute Gasteiger partial charge is 0.469 e. The average molecular weight is 324 g/mol. The van der Waals surface area contributed by atoms with Crippen LogP contribution in [-0.2, 0) is 14.3 Å². The summed E-state index contributed by atoms with van der Waals surface area (Å²) < 4.78 is 10.3. The predicted octanol–water partition coefficient (Wildman–Crippen LogP) is 4.67. The quantitative estimate of drug-likeness (QED) is 0.513.